The summed E-state index contributed by atoms with van der Waals surface area (Å²) in [7, 11) is 1.56. The van der Waals surface area contributed by atoms with Crippen LogP contribution in [-0.2, 0) is 16.1 Å². The molecule has 0 aliphatic heterocycles. The van der Waals surface area contributed by atoms with Crippen LogP contribution in [0.4, 0.5) is 10.6 Å². The number of nitrogens with one attached hydrogen (secondary N) is 1. The number of nitrogens with zero attached hydrogens (tertiary/aromatic N) is 3. The summed E-state index contributed by atoms with van der Waals surface area (Å²) < 4.78 is 6.90. The Morgan fingerprint density at radius 3 is 2.43 bits per heavy atom. The third kappa shape index (κ3) is 6.33. The fraction of sp³-hybridized carbons (Fsp3) is 0.429. The number of hydrogen-bond donors (Lipinski definition) is 2. The number of rotatable bonds is 7. The van der Waals surface area contributed by atoms with Crippen molar-refractivity contribution in [2.75, 3.05) is 12.4 Å². The van der Waals surface area contributed by atoms with E-state index < -0.39 is 29.6 Å². The van der Waals surface area contributed by atoms with E-state index >= 15 is 0 Å². The molecule has 1 aromatic carbocycles. The van der Waals surface area contributed by atoms with E-state index in [1.165, 1.54) is 11.2 Å². The molecular weight excluding hydrogens is 386 g/mol. The average Bonchev–Trinajstić information content (AvgIpc) is 3.02. The Kier molecular flexibility index (Phi) is 7.20. The molecule has 3 amide bonds. The van der Waals surface area contributed by atoms with Crippen LogP contribution in [0.2, 0.25) is 0 Å². The van der Waals surface area contributed by atoms with Crippen molar-refractivity contribution in [2.45, 2.75) is 52.3 Å². The highest BCUT2D eigenvalue weighted by molar-refractivity contribution is 6.01. The predicted molar refractivity (Wildman–Crippen MR) is 113 cm³/mol. The number of nitrogens with two attached hydrogens (primary N) is 1. The van der Waals surface area contributed by atoms with E-state index in [2.05, 4.69) is 10.3 Å². The van der Waals surface area contributed by atoms with Gasteiger partial charge < -0.3 is 25.3 Å². The molecule has 0 aliphatic carbocycles. The van der Waals surface area contributed by atoms with Crippen molar-refractivity contribution in [3.05, 3.63) is 47.9 Å². The molecule has 0 radical (unpaired) electrons. The van der Waals surface area contributed by atoms with Gasteiger partial charge in [0.2, 0.25) is 5.91 Å². The number of carbonyl (C=O) groups excluding carboxylic acids is 3. The van der Waals surface area contributed by atoms with Gasteiger partial charge in [-0.1, -0.05) is 30.3 Å². The SMILES string of the molecule is CC(CC(=O)Nc1ncn(Cc2ccccc2)c1C(N)=O)N(C)C(=O)OC(C)(C)C. The second kappa shape index (κ2) is 9.43. The lowest BCUT2D eigenvalue weighted by molar-refractivity contribution is -0.117. The Bertz CT molecular complexity index is 902. The van der Waals surface area contributed by atoms with E-state index in [4.69, 9.17) is 10.5 Å². The smallest absolute Gasteiger partial charge is 0.410 e. The molecule has 0 bridgehead atoms. The zero-order valence-corrected chi connectivity index (χ0v) is 18.0. The number of primary amides is 1. The molecule has 1 heterocycles. The van der Waals surface area contributed by atoms with Crippen molar-refractivity contribution in [3.63, 3.8) is 0 Å². The molecule has 2 aromatic rings. The maximum atomic E-state index is 12.5. The monoisotopic (exact) mass is 415 g/mol. The second-order valence-corrected chi connectivity index (χ2v) is 8.11. The fourth-order valence-corrected chi connectivity index (χ4v) is 2.73. The molecule has 0 saturated carbocycles. The number of aromatic nitrogens is 2. The average molecular weight is 415 g/mol. The van der Waals surface area contributed by atoms with Crippen LogP contribution in [-0.4, -0.2) is 51.0 Å². The van der Waals surface area contributed by atoms with E-state index in [1.54, 1.807) is 39.3 Å². The number of ether oxygens (including phenoxy) is 1. The number of carbonyl (C=O) groups is 3. The van der Waals surface area contributed by atoms with Crippen LogP contribution >= 0.6 is 0 Å². The van der Waals surface area contributed by atoms with E-state index in [1.807, 2.05) is 30.3 Å². The molecule has 1 unspecified atom stereocenters. The summed E-state index contributed by atoms with van der Waals surface area (Å²) in [5, 5.41) is 2.62. The van der Waals surface area contributed by atoms with Crippen LogP contribution in [0, 0.1) is 0 Å². The van der Waals surface area contributed by atoms with Crippen molar-refractivity contribution in [1.82, 2.24) is 14.5 Å². The highest BCUT2D eigenvalue weighted by Crippen LogP contribution is 2.17. The van der Waals surface area contributed by atoms with Crippen LogP contribution in [0.5, 0.6) is 0 Å². The Balaban J connectivity index is 2.06. The lowest BCUT2D eigenvalue weighted by atomic mass is 10.2. The summed E-state index contributed by atoms with van der Waals surface area (Å²) in [4.78, 5) is 42.1. The van der Waals surface area contributed by atoms with E-state index in [0.29, 0.717) is 6.54 Å². The molecule has 30 heavy (non-hydrogen) atoms. The first-order valence-electron chi connectivity index (χ1n) is 9.62. The first-order chi connectivity index (χ1) is 14.0. The van der Waals surface area contributed by atoms with Gasteiger partial charge in [0.25, 0.3) is 5.91 Å². The molecule has 0 fully saturated rings. The van der Waals surface area contributed by atoms with Crippen LogP contribution in [0.15, 0.2) is 36.7 Å². The lowest BCUT2D eigenvalue weighted by Gasteiger charge is -2.28. The molecular formula is C21H29N5O4. The Hall–Kier alpha value is -3.36. The first-order valence-corrected chi connectivity index (χ1v) is 9.62. The molecule has 0 saturated heterocycles. The largest absolute Gasteiger partial charge is 0.444 e. The van der Waals surface area contributed by atoms with E-state index in [9.17, 15) is 14.4 Å². The zero-order valence-electron chi connectivity index (χ0n) is 18.0. The number of hydrogen-bond acceptors (Lipinski definition) is 5. The zero-order chi connectivity index (χ0) is 22.5. The summed E-state index contributed by atoms with van der Waals surface area (Å²) in [6.45, 7) is 7.43. The summed E-state index contributed by atoms with van der Waals surface area (Å²) in [6, 6.07) is 9.08. The Morgan fingerprint density at radius 1 is 1.23 bits per heavy atom. The van der Waals surface area contributed by atoms with Crippen LogP contribution in [0.1, 0.15) is 50.2 Å². The second-order valence-electron chi connectivity index (χ2n) is 8.11. The minimum Gasteiger partial charge on any atom is -0.444 e. The summed E-state index contributed by atoms with van der Waals surface area (Å²) in [5.74, 6) is -1.00. The number of benzene rings is 1. The van der Waals surface area contributed by atoms with Crippen molar-refractivity contribution >= 4 is 23.7 Å². The predicted octanol–water partition coefficient (Wildman–Crippen LogP) is 2.61. The molecule has 9 heteroatoms. The third-order valence-electron chi connectivity index (χ3n) is 4.35. The van der Waals surface area contributed by atoms with Gasteiger partial charge in [0.1, 0.15) is 5.60 Å². The lowest BCUT2D eigenvalue weighted by Crippen LogP contribution is -2.41. The van der Waals surface area contributed by atoms with Crippen molar-refractivity contribution in [2.24, 2.45) is 5.73 Å². The molecule has 1 aromatic heterocycles. The van der Waals surface area contributed by atoms with Gasteiger partial charge in [0.05, 0.1) is 6.33 Å². The highest BCUT2D eigenvalue weighted by atomic mass is 16.6. The van der Waals surface area contributed by atoms with Crippen molar-refractivity contribution < 1.29 is 19.1 Å². The van der Waals surface area contributed by atoms with E-state index in [0.717, 1.165) is 5.56 Å². The maximum Gasteiger partial charge on any atom is 0.410 e. The first kappa shape index (κ1) is 22.9. The van der Waals surface area contributed by atoms with Crippen LogP contribution in [0.25, 0.3) is 0 Å². The van der Waals surface area contributed by atoms with Gasteiger partial charge >= 0.3 is 6.09 Å². The molecule has 162 valence electrons. The standard InChI is InChI=1S/C21H29N5O4/c1-14(25(5)20(29)30-21(2,3)4)11-16(27)24-19-17(18(22)28)26(13-23-19)12-15-9-7-6-8-10-15/h6-10,13-14H,11-12H2,1-5H3,(H2,22,28)(H,24,27). The molecule has 0 aliphatic rings. The quantitative estimate of drug-likeness (QED) is 0.720. The van der Waals surface area contributed by atoms with Gasteiger partial charge in [-0.3, -0.25) is 9.59 Å². The molecule has 1 atom stereocenters. The number of anilines is 1. The summed E-state index contributed by atoms with van der Waals surface area (Å²) in [5.41, 5.74) is 5.96. The van der Waals surface area contributed by atoms with Gasteiger partial charge in [-0.25, -0.2) is 9.78 Å². The Morgan fingerprint density at radius 2 is 1.87 bits per heavy atom. The summed E-state index contributed by atoms with van der Waals surface area (Å²) >= 11 is 0. The third-order valence-corrected chi connectivity index (χ3v) is 4.35. The van der Waals surface area contributed by atoms with Crippen LogP contribution in [0.3, 0.4) is 0 Å². The van der Waals surface area contributed by atoms with Gasteiger partial charge in [-0.2, -0.15) is 0 Å². The van der Waals surface area contributed by atoms with Gasteiger partial charge in [-0.05, 0) is 33.3 Å². The Labute approximate surface area is 176 Å². The molecule has 2 rings (SSSR count). The van der Waals surface area contributed by atoms with Crippen molar-refractivity contribution in [3.8, 4) is 0 Å². The van der Waals surface area contributed by atoms with E-state index in [-0.39, 0.29) is 17.9 Å². The van der Waals surface area contributed by atoms with Crippen molar-refractivity contribution in [1.29, 1.82) is 0 Å². The molecule has 9 nitrogen and oxygen atoms in total. The minimum absolute atomic E-state index is 0.000506. The number of imidazole rings is 1. The topological polar surface area (TPSA) is 120 Å². The van der Waals surface area contributed by atoms with Gasteiger partial charge in [0, 0.05) is 26.1 Å². The normalized spacial score (nSPS) is 12.2. The maximum absolute atomic E-state index is 12.5. The summed E-state index contributed by atoms with van der Waals surface area (Å²) in [6.07, 6.45) is 0.936. The fourth-order valence-electron chi connectivity index (χ4n) is 2.73. The minimum atomic E-state index is -0.697. The molecule has 3 N–H and O–H groups in total. The highest BCUT2D eigenvalue weighted by Gasteiger charge is 2.25. The molecule has 0 spiro atoms. The van der Waals surface area contributed by atoms with Gasteiger partial charge in [0.15, 0.2) is 11.5 Å². The van der Waals surface area contributed by atoms with Crippen LogP contribution < -0.4 is 11.1 Å². The van der Waals surface area contributed by atoms with Gasteiger partial charge in [-0.15, -0.1) is 0 Å². The number of amides is 3.